The zero-order chi connectivity index (χ0) is 14.6. The van der Waals surface area contributed by atoms with Gasteiger partial charge in [-0.15, -0.1) is 0 Å². The van der Waals surface area contributed by atoms with Crippen LogP contribution < -0.4 is 0 Å². The first-order chi connectivity index (χ1) is 8.75. The Morgan fingerprint density at radius 2 is 2.05 bits per heavy atom. The van der Waals surface area contributed by atoms with E-state index in [0.29, 0.717) is 13.2 Å². The summed E-state index contributed by atoms with van der Waals surface area (Å²) in [4.78, 5) is 26.1. The van der Waals surface area contributed by atoms with Crippen molar-refractivity contribution in [2.75, 3.05) is 32.8 Å². The van der Waals surface area contributed by atoms with Crippen LogP contribution in [0.1, 0.15) is 20.8 Å². The minimum Gasteiger partial charge on any atom is -0.480 e. The summed E-state index contributed by atoms with van der Waals surface area (Å²) in [6, 6.07) is -0.336. The lowest BCUT2D eigenvalue weighted by molar-refractivity contribution is -0.139. The molecule has 2 N–H and O–H groups in total. The fourth-order valence-corrected chi connectivity index (χ4v) is 1.90. The van der Waals surface area contributed by atoms with E-state index in [2.05, 4.69) is 0 Å². The van der Waals surface area contributed by atoms with Crippen LogP contribution in [0.3, 0.4) is 0 Å². The van der Waals surface area contributed by atoms with E-state index in [-0.39, 0.29) is 25.7 Å². The Morgan fingerprint density at radius 3 is 2.53 bits per heavy atom. The summed E-state index contributed by atoms with van der Waals surface area (Å²) in [5.41, 5.74) is -0.581. The molecule has 0 aromatic carbocycles. The number of nitrogens with zero attached hydrogens (tertiary/aromatic N) is 2. The van der Waals surface area contributed by atoms with Crippen LogP contribution in [0.5, 0.6) is 0 Å². The molecule has 1 aliphatic heterocycles. The van der Waals surface area contributed by atoms with Crippen LogP contribution in [0.4, 0.5) is 4.79 Å². The summed E-state index contributed by atoms with van der Waals surface area (Å²) in [5, 5.41) is 18.0. The van der Waals surface area contributed by atoms with Crippen molar-refractivity contribution in [1.29, 1.82) is 0 Å². The summed E-state index contributed by atoms with van der Waals surface area (Å²) >= 11 is 0. The van der Waals surface area contributed by atoms with E-state index in [1.807, 2.05) is 0 Å². The number of aliphatic hydroxyl groups excluding tert-OH is 1. The fraction of sp³-hybridized carbons (Fsp3) is 0.833. The molecule has 0 bridgehead atoms. The van der Waals surface area contributed by atoms with E-state index in [0.717, 1.165) is 0 Å². The minimum absolute atomic E-state index is 0.155. The smallest absolute Gasteiger partial charge is 0.323 e. The van der Waals surface area contributed by atoms with Crippen LogP contribution in [0.2, 0.25) is 0 Å². The molecule has 0 aliphatic carbocycles. The molecular formula is C12H22N2O5. The molecule has 110 valence electrons. The second-order valence-corrected chi connectivity index (χ2v) is 5.55. The maximum absolute atomic E-state index is 12.4. The predicted octanol–water partition coefficient (Wildman–Crippen LogP) is -0.0154. The third kappa shape index (κ3) is 4.36. The Balaban J connectivity index is 2.78. The van der Waals surface area contributed by atoms with Crippen molar-refractivity contribution < 1.29 is 24.5 Å². The van der Waals surface area contributed by atoms with Gasteiger partial charge in [-0.05, 0) is 20.8 Å². The van der Waals surface area contributed by atoms with Gasteiger partial charge in [0.25, 0.3) is 0 Å². The molecule has 1 atom stereocenters. The number of amides is 2. The number of aliphatic hydroxyl groups is 1. The molecule has 1 unspecified atom stereocenters. The standard InChI is InChI=1S/C12H22N2O5/c1-12(2,3)14(7-10(16)17)11(18)13-4-5-19-9(6-13)8-15/h9,15H,4-8H2,1-3H3,(H,16,17). The first-order valence-corrected chi connectivity index (χ1v) is 6.26. The maximum Gasteiger partial charge on any atom is 0.323 e. The molecule has 1 aliphatic rings. The molecule has 7 heteroatoms. The quantitative estimate of drug-likeness (QED) is 0.755. The van der Waals surface area contributed by atoms with Crippen molar-refractivity contribution >= 4 is 12.0 Å². The highest BCUT2D eigenvalue weighted by molar-refractivity contribution is 5.81. The number of carboxylic acid groups (broad SMARTS) is 1. The van der Waals surface area contributed by atoms with Crippen molar-refractivity contribution in [2.45, 2.75) is 32.4 Å². The SMILES string of the molecule is CC(C)(C)N(CC(=O)O)C(=O)N1CCOC(CO)C1. The highest BCUT2D eigenvalue weighted by Crippen LogP contribution is 2.17. The highest BCUT2D eigenvalue weighted by atomic mass is 16.5. The first kappa shape index (κ1) is 15.7. The molecule has 1 rings (SSSR count). The number of rotatable bonds is 3. The Morgan fingerprint density at radius 1 is 1.42 bits per heavy atom. The normalized spacial score (nSPS) is 20.2. The van der Waals surface area contributed by atoms with Crippen LogP contribution in [0.25, 0.3) is 0 Å². The molecule has 0 spiro atoms. The number of carbonyl (C=O) groups excluding carboxylic acids is 1. The van der Waals surface area contributed by atoms with Crippen LogP contribution >= 0.6 is 0 Å². The lowest BCUT2D eigenvalue weighted by Gasteiger charge is -2.40. The Hall–Kier alpha value is -1.34. The second-order valence-electron chi connectivity index (χ2n) is 5.55. The van der Waals surface area contributed by atoms with E-state index in [1.165, 1.54) is 9.80 Å². The van der Waals surface area contributed by atoms with Crippen molar-refractivity contribution in [2.24, 2.45) is 0 Å². The number of carboxylic acids is 1. The average Bonchev–Trinajstić information content (AvgIpc) is 2.33. The third-order valence-corrected chi connectivity index (χ3v) is 2.95. The number of hydrogen-bond acceptors (Lipinski definition) is 4. The van der Waals surface area contributed by atoms with Gasteiger partial charge in [-0.2, -0.15) is 0 Å². The van der Waals surface area contributed by atoms with Gasteiger partial charge < -0.3 is 24.7 Å². The zero-order valence-electron chi connectivity index (χ0n) is 11.6. The molecule has 0 aromatic heterocycles. The van der Waals surface area contributed by atoms with E-state index in [9.17, 15) is 9.59 Å². The minimum atomic E-state index is -1.05. The largest absolute Gasteiger partial charge is 0.480 e. The molecule has 1 heterocycles. The number of urea groups is 1. The lowest BCUT2D eigenvalue weighted by Crippen LogP contribution is -2.57. The van der Waals surface area contributed by atoms with Gasteiger partial charge >= 0.3 is 12.0 Å². The van der Waals surface area contributed by atoms with Gasteiger partial charge in [0, 0.05) is 12.1 Å². The van der Waals surface area contributed by atoms with E-state index in [4.69, 9.17) is 14.9 Å². The predicted molar refractivity (Wildman–Crippen MR) is 67.9 cm³/mol. The third-order valence-electron chi connectivity index (χ3n) is 2.95. The topological polar surface area (TPSA) is 90.3 Å². The van der Waals surface area contributed by atoms with Crippen molar-refractivity contribution in [3.63, 3.8) is 0 Å². The van der Waals surface area contributed by atoms with Gasteiger partial charge in [0.05, 0.1) is 25.9 Å². The molecule has 1 saturated heterocycles. The molecule has 1 fully saturated rings. The van der Waals surface area contributed by atoms with E-state index >= 15 is 0 Å². The van der Waals surface area contributed by atoms with Crippen molar-refractivity contribution in [3.8, 4) is 0 Å². The summed E-state index contributed by atoms with van der Waals surface area (Å²) in [5.74, 6) is -1.05. The van der Waals surface area contributed by atoms with Crippen molar-refractivity contribution in [3.05, 3.63) is 0 Å². The van der Waals surface area contributed by atoms with Crippen LogP contribution in [-0.4, -0.2) is 76.5 Å². The van der Waals surface area contributed by atoms with E-state index in [1.54, 1.807) is 20.8 Å². The van der Waals surface area contributed by atoms with Crippen LogP contribution in [-0.2, 0) is 9.53 Å². The monoisotopic (exact) mass is 274 g/mol. The van der Waals surface area contributed by atoms with Crippen molar-refractivity contribution in [1.82, 2.24) is 9.80 Å². The van der Waals surface area contributed by atoms with Gasteiger partial charge in [0.1, 0.15) is 6.54 Å². The maximum atomic E-state index is 12.4. The number of aliphatic carboxylic acids is 1. The molecule has 2 amide bonds. The molecule has 0 radical (unpaired) electrons. The van der Waals surface area contributed by atoms with Gasteiger partial charge in [-0.1, -0.05) is 0 Å². The molecule has 19 heavy (non-hydrogen) atoms. The van der Waals surface area contributed by atoms with Gasteiger partial charge in [-0.3, -0.25) is 4.79 Å². The fourth-order valence-electron chi connectivity index (χ4n) is 1.90. The summed E-state index contributed by atoms with van der Waals surface area (Å²) in [6.07, 6.45) is -0.399. The van der Waals surface area contributed by atoms with Gasteiger partial charge in [-0.25, -0.2) is 4.79 Å². The molecule has 0 saturated carbocycles. The zero-order valence-corrected chi connectivity index (χ0v) is 11.6. The summed E-state index contributed by atoms with van der Waals surface area (Å²) < 4.78 is 5.28. The molecule has 7 nitrogen and oxygen atoms in total. The lowest BCUT2D eigenvalue weighted by atomic mass is 10.1. The molecular weight excluding hydrogens is 252 g/mol. The Kier molecular flexibility index (Phi) is 5.13. The van der Waals surface area contributed by atoms with Gasteiger partial charge in [0.2, 0.25) is 0 Å². The van der Waals surface area contributed by atoms with Gasteiger partial charge in [0.15, 0.2) is 0 Å². The summed E-state index contributed by atoms with van der Waals surface area (Å²) in [7, 11) is 0. The number of hydrogen-bond donors (Lipinski definition) is 2. The second kappa shape index (κ2) is 6.21. The number of ether oxygens (including phenoxy) is 1. The number of morpholine rings is 1. The first-order valence-electron chi connectivity index (χ1n) is 6.26. The van der Waals surface area contributed by atoms with Crippen LogP contribution in [0.15, 0.2) is 0 Å². The average molecular weight is 274 g/mol. The highest BCUT2D eigenvalue weighted by Gasteiger charge is 2.34. The van der Waals surface area contributed by atoms with E-state index < -0.39 is 17.6 Å². The number of carbonyl (C=O) groups is 2. The molecule has 0 aromatic rings. The Bertz CT molecular complexity index is 340. The Labute approximate surface area is 112 Å². The summed E-state index contributed by atoms with van der Waals surface area (Å²) in [6.45, 7) is 5.90. The van der Waals surface area contributed by atoms with Crippen LogP contribution in [0, 0.1) is 0 Å².